The number of hydrogen-bond donors (Lipinski definition) is 3. The quantitative estimate of drug-likeness (QED) is 0.508. The lowest BCUT2D eigenvalue weighted by Crippen LogP contribution is -2.40. The van der Waals surface area contributed by atoms with E-state index in [1.54, 1.807) is 0 Å². The van der Waals surface area contributed by atoms with E-state index >= 15 is 0 Å². The average molecular weight is 300 g/mol. The van der Waals surface area contributed by atoms with Gasteiger partial charge in [0.2, 0.25) is 0 Å². The highest BCUT2D eigenvalue weighted by Crippen LogP contribution is 2.28. The highest BCUT2D eigenvalue weighted by atomic mass is 16.5. The Bertz CT molecular complexity index is 330. The number of amides is 2. The van der Waals surface area contributed by atoms with Crippen molar-refractivity contribution in [2.45, 2.75) is 39.5 Å². The lowest BCUT2D eigenvalue weighted by atomic mass is 9.94. The van der Waals surface area contributed by atoms with Gasteiger partial charge in [0.25, 0.3) is 0 Å². The zero-order valence-electron chi connectivity index (χ0n) is 13.1. The third kappa shape index (κ3) is 10.1. The van der Waals surface area contributed by atoms with Gasteiger partial charge in [0.1, 0.15) is 0 Å². The van der Waals surface area contributed by atoms with Crippen molar-refractivity contribution in [2.24, 2.45) is 17.8 Å². The zero-order chi connectivity index (χ0) is 15.7. The largest absolute Gasteiger partial charge is 0.481 e. The summed E-state index contributed by atoms with van der Waals surface area (Å²) in [6.45, 7) is 6.27. The third-order valence-corrected chi connectivity index (χ3v) is 3.40. The fraction of sp³-hybridized carbons (Fsp3) is 0.867. The maximum absolute atomic E-state index is 11.6. The Morgan fingerprint density at radius 1 is 1.29 bits per heavy atom. The van der Waals surface area contributed by atoms with Crippen LogP contribution in [0.3, 0.4) is 0 Å². The molecular weight excluding hydrogens is 272 g/mol. The van der Waals surface area contributed by atoms with Crippen molar-refractivity contribution in [1.29, 1.82) is 0 Å². The Labute approximate surface area is 126 Å². The SMILES string of the molecule is CC(C)CC(CNC(=O)NCCOCC1CC1)CC(=O)O. The molecule has 1 aliphatic rings. The predicted octanol–water partition coefficient (Wildman–Crippen LogP) is 1.85. The normalized spacial score (nSPS) is 15.8. The van der Waals surface area contributed by atoms with Gasteiger partial charge in [0.15, 0.2) is 0 Å². The first-order valence-corrected chi connectivity index (χ1v) is 7.78. The smallest absolute Gasteiger partial charge is 0.314 e. The van der Waals surface area contributed by atoms with Crippen LogP contribution in [-0.2, 0) is 9.53 Å². The molecule has 2 amide bonds. The Morgan fingerprint density at radius 3 is 2.57 bits per heavy atom. The first kappa shape index (κ1) is 17.8. The van der Waals surface area contributed by atoms with Gasteiger partial charge >= 0.3 is 12.0 Å². The molecule has 1 fully saturated rings. The van der Waals surface area contributed by atoms with Crippen LogP contribution in [-0.4, -0.2) is 43.4 Å². The number of carboxylic acid groups (broad SMARTS) is 1. The molecule has 0 radical (unpaired) electrons. The van der Waals surface area contributed by atoms with Crippen LogP contribution < -0.4 is 10.6 Å². The fourth-order valence-corrected chi connectivity index (χ4v) is 2.22. The van der Waals surface area contributed by atoms with Crippen molar-refractivity contribution in [3.63, 3.8) is 0 Å². The summed E-state index contributed by atoms with van der Waals surface area (Å²) in [5.41, 5.74) is 0. The van der Waals surface area contributed by atoms with E-state index < -0.39 is 5.97 Å². The summed E-state index contributed by atoms with van der Waals surface area (Å²) in [5, 5.41) is 14.3. The predicted molar refractivity (Wildman–Crippen MR) is 80.1 cm³/mol. The van der Waals surface area contributed by atoms with Gasteiger partial charge in [-0.1, -0.05) is 13.8 Å². The van der Waals surface area contributed by atoms with Crippen LogP contribution in [0.4, 0.5) is 4.79 Å². The van der Waals surface area contributed by atoms with E-state index in [-0.39, 0.29) is 18.4 Å². The Hall–Kier alpha value is -1.30. The van der Waals surface area contributed by atoms with E-state index in [4.69, 9.17) is 9.84 Å². The molecule has 0 aliphatic heterocycles. The fourth-order valence-electron chi connectivity index (χ4n) is 2.22. The summed E-state index contributed by atoms with van der Waals surface area (Å²) < 4.78 is 5.42. The average Bonchev–Trinajstić information content (AvgIpc) is 3.18. The van der Waals surface area contributed by atoms with Crippen molar-refractivity contribution < 1.29 is 19.4 Å². The van der Waals surface area contributed by atoms with Gasteiger partial charge in [0, 0.05) is 26.1 Å². The maximum atomic E-state index is 11.6. The molecule has 0 spiro atoms. The van der Waals surface area contributed by atoms with Crippen molar-refractivity contribution >= 4 is 12.0 Å². The second kappa shape index (κ2) is 9.60. The van der Waals surface area contributed by atoms with Crippen molar-refractivity contribution in [3.05, 3.63) is 0 Å². The first-order valence-electron chi connectivity index (χ1n) is 7.78. The molecule has 0 aromatic heterocycles. The van der Waals surface area contributed by atoms with Crippen LogP contribution in [0, 0.1) is 17.8 Å². The molecular formula is C15H28N2O4. The minimum Gasteiger partial charge on any atom is -0.481 e. The zero-order valence-corrected chi connectivity index (χ0v) is 13.1. The number of urea groups is 1. The minimum absolute atomic E-state index is 0.0284. The summed E-state index contributed by atoms with van der Waals surface area (Å²) in [6, 6.07) is -0.260. The maximum Gasteiger partial charge on any atom is 0.314 e. The van der Waals surface area contributed by atoms with Gasteiger partial charge in [-0.25, -0.2) is 4.79 Å². The van der Waals surface area contributed by atoms with E-state index in [9.17, 15) is 9.59 Å². The number of carbonyl (C=O) groups excluding carboxylic acids is 1. The van der Waals surface area contributed by atoms with E-state index in [1.165, 1.54) is 12.8 Å². The first-order chi connectivity index (χ1) is 9.97. The monoisotopic (exact) mass is 300 g/mol. The van der Waals surface area contributed by atoms with Gasteiger partial charge in [0.05, 0.1) is 6.61 Å². The van der Waals surface area contributed by atoms with Crippen LogP contribution >= 0.6 is 0 Å². The second-order valence-electron chi connectivity index (χ2n) is 6.25. The van der Waals surface area contributed by atoms with Crippen LogP contribution in [0.2, 0.25) is 0 Å². The molecule has 6 heteroatoms. The molecule has 0 bridgehead atoms. The molecule has 6 nitrogen and oxygen atoms in total. The molecule has 1 rings (SSSR count). The Balaban J connectivity index is 2.08. The van der Waals surface area contributed by atoms with Crippen molar-refractivity contribution in [1.82, 2.24) is 10.6 Å². The summed E-state index contributed by atoms with van der Waals surface area (Å²) in [7, 11) is 0. The Kier molecular flexibility index (Phi) is 8.12. The van der Waals surface area contributed by atoms with Crippen LogP contribution in [0.15, 0.2) is 0 Å². The van der Waals surface area contributed by atoms with Crippen LogP contribution in [0.1, 0.15) is 39.5 Å². The number of aliphatic carboxylic acids is 1. The number of hydrogen-bond acceptors (Lipinski definition) is 3. The van der Waals surface area contributed by atoms with E-state index in [1.807, 2.05) is 13.8 Å². The molecule has 0 aromatic rings. The molecule has 21 heavy (non-hydrogen) atoms. The number of nitrogens with one attached hydrogen (secondary N) is 2. The van der Waals surface area contributed by atoms with E-state index in [2.05, 4.69) is 10.6 Å². The Morgan fingerprint density at radius 2 is 2.00 bits per heavy atom. The topological polar surface area (TPSA) is 87.7 Å². The third-order valence-electron chi connectivity index (χ3n) is 3.40. The molecule has 0 aromatic carbocycles. The minimum atomic E-state index is -0.823. The summed E-state index contributed by atoms with van der Waals surface area (Å²) in [6.07, 6.45) is 3.39. The lowest BCUT2D eigenvalue weighted by Gasteiger charge is -2.18. The van der Waals surface area contributed by atoms with Gasteiger partial charge in [-0.15, -0.1) is 0 Å². The number of carboxylic acids is 1. The summed E-state index contributed by atoms with van der Waals surface area (Å²) in [4.78, 5) is 22.4. The van der Waals surface area contributed by atoms with Crippen LogP contribution in [0.25, 0.3) is 0 Å². The molecule has 122 valence electrons. The van der Waals surface area contributed by atoms with E-state index in [0.717, 1.165) is 18.9 Å². The number of rotatable bonds is 11. The highest BCUT2D eigenvalue weighted by molar-refractivity contribution is 5.74. The van der Waals surface area contributed by atoms with Gasteiger partial charge in [-0.3, -0.25) is 4.79 Å². The van der Waals surface area contributed by atoms with Crippen molar-refractivity contribution in [2.75, 3.05) is 26.3 Å². The standard InChI is InChI=1S/C15H28N2O4/c1-11(2)7-13(8-14(18)19)9-17-15(20)16-5-6-21-10-12-3-4-12/h11-13H,3-10H2,1-2H3,(H,18,19)(H2,16,17,20). The van der Waals surface area contributed by atoms with Gasteiger partial charge < -0.3 is 20.5 Å². The molecule has 0 heterocycles. The molecule has 3 N–H and O–H groups in total. The number of ether oxygens (including phenoxy) is 1. The molecule has 1 saturated carbocycles. The lowest BCUT2D eigenvalue weighted by molar-refractivity contribution is -0.138. The molecule has 0 saturated heterocycles. The van der Waals surface area contributed by atoms with Crippen molar-refractivity contribution in [3.8, 4) is 0 Å². The van der Waals surface area contributed by atoms with Crippen LogP contribution in [0.5, 0.6) is 0 Å². The second-order valence-corrected chi connectivity index (χ2v) is 6.25. The molecule has 1 aliphatic carbocycles. The molecule has 1 unspecified atom stereocenters. The molecule has 1 atom stereocenters. The summed E-state index contributed by atoms with van der Waals surface area (Å²) in [5.74, 6) is 0.289. The van der Waals surface area contributed by atoms with Gasteiger partial charge in [-0.05, 0) is 37.0 Å². The summed E-state index contributed by atoms with van der Waals surface area (Å²) >= 11 is 0. The van der Waals surface area contributed by atoms with E-state index in [0.29, 0.717) is 25.6 Å². The number of carbonyl (C=O) groups is 2. The highest BCUT2D eigenvalue weighted by Gasteiger charge is 2.21. The van der Waals surface area contributed by atoms with Gasteiger partial charge in [-0.2, -0.15) is 0 Å².